The molecule has 0 fully saturated rings. The highest BCUT2D eigenvalue weighted by Gasteiger charge is 2.00. The van der Waals surface area contributed by atoms with E-state index in [4.69, 9.17) is 0 Å². The zero-order chi connectivity index (χ0) is 13.5. The minimum atomic E-state index is 0.721. The van der Waals surface area contributed by atoms with Crippen molar-refractivity contribution in [2.45, 2.75) is 20.3 Å². The summed E-state index contributed by atoms with van der Waals surface area (Å²) in [4.78, 5) is 11.2. The molecule has 2 rings (SSSR count). The molecular formula is C15H22N4. The van der Waals surface area contributed by atoms with Gasteiger partial charge in [-0.2, -0.15) is 0 Å². The first-order chi connectivity index (χ1) is 9.33. The fourth-order valence-electron chi connectivity index (χ4n) is 2.10. The van der Waals surface area contributed by atoms with E-state index in [-0.39, 0.29) is 0 Å². The van der Waals surface area contributed by atoms with Gasteiger partial charge >= 0.3 is 0 Å². The molecule has 102 valence electrons. The van der Waals surface area contributed by atoms with Gasteiger partial charge in [0.15, 0.2) is 0 Å². The highest BCUT2D eigenvalue weighted by atomic mass is 15.1. The van der Waals surface area contributed by atoms with Crippen molar-refractivity contribution in [3.05, 3.63) is 30.5 Å². The van der Waals surface area contributed by atoms with Crippen molar-refractivity contribution in [1.82, 2.24) is 14.9 Å². The number of para-hydroxylation sites is 1. The van der Waals surface area contributed by atoms with Crippen LogP contribution in [0.15, 0.2) is 30.5 Å². The molecule has 4 heteroatoms. The van der Waals surface area contributed by atoms with E-state index >= 15 is 0 Å². The van der Waals surface area contributed by atoms with Crippen molar-refractivity contribution >= 4 is 16.9 Å². The van der Waals surface area contributed by atoms with E-state index in [1.165, 1.54) is 0 Å². The van der Waals surface area contributed by atoms with E-state index in [1.54, 1.807) is 0 Å². The van der Waals surface area contributed by atoms with Gasteiger partial charge in [0.2, 0.25) is 5.95 Å². The number of aromatic nitrogens is 2. The molecule has 0 saturated carbocycles. The number of hydrogen-bond acceptors (Lipinski definition) is 4. The highest BCUT2D eigenvalue weighted by molar-refractivity contribution is 5.78. The lowest BCUT2D eigenvalue weighted by atomic mass is 10.2. The summed E-state index contributed by atoms with van der Waals surface area (Å²) in [6.45, 7) is 8.65. The average Bonchev–Trinajstić information content (AvgIpc) is 2.47. The monoisotopic (exact) mass is 258 g/mol. The largest absolute Gasteiger partial charge is 0.354 e. The average molecular weight is 258 g/mol. The fourth-order valence-corrected chi connectivity index (χ4v) is 2.10. The van der Waals surface area contributed by atoms with Gasteiger partial charge in [-0.05, 0) is 32.1 Å². The number of rotatable bonds is 7. The van der Waals surface area contributed by atoms with Gasteiger partial charge in [0.25, 0.3) is 0 Å². The van der Waals surface area contributed by atoms with Crippen LogP contribution in [0, 0.1) is 0 Å². The predicted octanol–water partition coefficient (Wildman–Crippen LogP) is 2.77. The summed E-state index contributed by atoms with van der Waals surface area (Å²) in [7, 11) is 0. The molecule has 0 aliphatic heterocycles. The van der Waals surface area contributed by atoms with Gasteiger partial charge in [0.05, 0.1) is 5.52 Å². The Morgan fingerprint density at radius 2 is 1.95 bits per heavy atom. The molecule has 0 atom stereocenters. The van der Waals surface area contributed by atoms with Gasteiger partial charge in [-0.1, -0.05) is 32.0 Å². The molecule has 4 nitrogen and oxygen atoms in total. The van der Waals surface area contributed by atoms with Crippen LogP contribution in [0.1, 0.15) is 20.3 Å². The summed E-state index contributed by atoms with van der Waals surface area (Å²) >= 11 is 0. The maximum atomic E-state index is 4.50. The Morgan fingerprint density at radius 1 is 1.16 bits per heavy atom. The molecule has 0 aliphatic carbocycles. The standard InChI is InChI=1S/C15H22N4/c1-3-19(4-2)11-7-10-16-15-17-12-13-8-5-6-9-14(13)18-15/h5-6,8-9,12H,3-4,7,10-11H2,1-2H3,(H,16,17,18). The first-order valence-corrected chi connectivity index (χ1v) is 7.01. The number of nitrogens with one attached hydrogen (secondary N) is 1. The summed E-state index contributed by atoms with van der Waals surface area (Å²) < 4.78 is 0. The molecular weight excluding hydrogens is 236 g/mol. The number of nitrogens with zero attached hydrogens (tertiary/aromatic N) is 3. The quantitative estimate of drug-likeness (QED) is 0.775. The van der Waals surface area contributed by atoms with Crippen LogP contribution >= 0.6 is 0 Å². The SMILES string of the molecule is CCN(CC)CCCNc1ncc2ccccc2n1. The van der Waals surface area contributed by atoms with Gasteiger partial charge in [-0.15, -0.1) is 0 Å². The van der Waals surface area contributed by atoms with Crippen molar-refractivity contribution in [3.63, 3.8) is 0 Å². The van der Waals surface area contributed by atoms with Crippen LogP contribution in [-0.4, -0.2) is 41.0 Å². The van der Waals surface area contributed by atoms with Crippen LogP contribution in [0.3, 0.4) is 0 Å². The maximum Gasteiger partial charge on any atom is 0.223 e. The molecule has 0 amide bonds. The highest BCUT2D eigenvalue weighted by Crippen LogP contribution is 2.11. The fraction of sp³-hybridized carbons (Fsp3) is 0.467. The minimum Gasteiger partial charge on any atom is -0.354 e. The molecule has 0 unspecified atom stereocenters. The summed E-state index contributed by atoms with van der Waals surface area (Å²) in [5, 5.41) is 4.37. The number of hydrogen-bond donors (Lipinski definition) is 1. The second kappa shape index (κ2) is 7.04. The van der Waals surface area contributed by atoms with E-state index in [9.17, 15) is 0 Å². The number of anilines is 1. The first-order valence-electron chi connectivity index (χ1n) is 7.01. The van der Waals surface area contributed by atoms with Crippen molar-refractivity contribution in [2.75, 3.05) is 31.5 Å². The second-order valence-corrected chi connectivity index (χ2v) is 4.56. The van der Waals surface area contributed by atoms with E-state index in [2.05, 4.69) is 34.0 Å². The molecule has 1 N–H and O–H groups in total. The van der Waals surface area contributed by atoms with Gasteiger partial charge < -0.3 is 10.2 Å². The van der Waals surface area contributed by atoms with Crippen LogP contribution < -0.4 is 5.32 Å². The van der Waals surface area contributed by atoms with E-state index in [0.29, 0.717) is 0 Å². The molecule has 1 heterocycles. The van der Waals surface area contributed by atoms with Crippen molar-refractivity contribution in [1.29, 1.82) is 0 Å². The number of benzene rings is 1. The second-order valence-electron chi connectivity index (χ2n) is 4.56. The first kappa shape index (κ1) is 13.7. The molecule has 2 aromatic rings. The van der Waals surface area contributed by atoms with Gasteiger partial charge in [0.1, 0.15) is 0 Å². The lowest BCUT2D eigenvalue weighted by molar-refractivity contribution is 0.303. The van der Waals surface area contributed by atoms with Crippen molar-refractivity contribution in [2.24, 2.45) is 0 Å². The summed E-state index contributed by atoms with van der Waals surface area (Å²) in [6, 6.07) is 8.04. The van der Waals surface area contributed by atoms with E-state index in [1.807, 2.05) is 30.5 Å². The molecule has 19 heavy (non-hydrogen) atoms. The topological polar surface area (TPSA) is 41.0 Å². The van der Waals surface area contributed by atoms with Crippen LogP contribution in [0.2, 0.25) is 0 Å². The lowest BCUT2D eigenvalue weighted by Crippen LogP contribution is -2.25. The molecule has 0 aliphatic rings. The normalized spacial score (nSPS) is 11.1. The Morgan fingerprint density at radius 3 is 2.74 bits per heavy atom. The summed E-state index contributed by atoms with van der Waals surface area (Å²) in [6.07, 6.45) is 2.98. The minimum absolute atomic E-state index is 0.721. The van der Waals surface area contributed by atoms with Crippen LogP contribution in [0.4, 0.5) is 5.95 Å². The zero-order valence-electron chi connectivity index (χ0n) is 11.8. The maximum absolute atomic E-state index is 4.50. The summed E-state index contributed by atoms with van der Waals surface area (Å²) in [5.74, 6) is 0.721. The van der Waals surface area contributed by atoms with Crippen LogP contribution in [-0.2, 0) is 0 Å². The Balaban J connectivity index is 1.84. The van der Waals surface area contributed by atoms with Gasteiger partial charge in [0, 0.05) is 18.1 Å². The molecule has 0 spiro atoms. The van der Waals surface area contributed by atoms with Crippen molar-refractivity contribution in [3.8, 4) is 0 Å². The molecule has 0 radical (unpaired) electrons. The third-order valence-corrected chi connectivity index (χ3v) is 3.32. The zero-order valence-corrected chi connectivity index (χ0v) is 11.8. The number of fused-ring (bicyclic) bond motifs is 1. The van der Waals surface area contributed by atoms with Crippen LogP contribution in [0.25, 0.3) is 10.9 Å². The third-order valence-electron chi connectivity index (χ3n) is 3.32. The molecule has 1 aromatic carbocycles. The Hall–Kier alpha value is -1.68. The smallest absolute Gasteiger partial charge is 0.223 e. The Kier molecular flexibility index (Phi) is 5.10. The molecule has 0 saturated heterocycles. The lowest BCUT2D eigenvalue weighted by Gasteiger charge is -2.17. The van der Waals surface area contributed by atoms with E-state index < -0.39 is 0 Å². The van der Waals surface area contributed by atoms with Gasteiger partial charge in [-0.25, -0.2) is 9.97 Å². The van der Waals surface area contributed by atoms with Gasteiger partial charge in [-0.3, -0.25) is 0 Å². The van der Waals surface area contributed by atoms with Crippen LogP contribution in [0.5, 0.6) is 0 Å². The Bertz CT molecular complexity index is 508. The molecule has 1 aromatic heterocycles. The third kappa shape index (κ3) is 3.89. The Labute approximate surface area is 114 Å². The molecule has 0 bridgehead atoms. The van der Waals surface area contributed by atoms with E-state index in [0.717, 1.165) is 49.5 Å². The summed E-state index contributed by atoms with van der Waals surface area (Å²) in [5.41, 5.74) is 0.990. The van der Waals surface area contributed by atoms with Crippen molar-refractivity contribution < 1.29 is 0 Å². The predicted molar refractivity (Wildman–Crippen MR) is 80.4 cm³/mol.